The molecule has 0 saturated carbocycles. The molecular formula is C46H39N3. The smallest absolute Gasteiger partial charge is 0.113 e. The molecule has 3 nitrogen and oxygen atoms in total. The van der Waals surface area contributed by atoms with E-state index in [1.807, 2.05) is 0 Å². The van der Waals surface area contributed by atoms with Gasteiger partial charge in [-0.05, 0) is 100 Å². The van der Waals surface area contributed by atoms with Crippen LogP contribution in [0.5, 0.6) is 0 Å². The number of hydrogen-bond acceptors (Lipinski definition) is 2. The van der Waals surface area contributed by atoms with E-state index in [1.54, 1.807) is 0 Å². The molecule has 3 heteroatoms. The van der Waals surface area contributed by atoms with Gasteiger partial charge in [0.15, 0.2) is 0 Å². The van der Waals surface area contributed by atoms with Crippen LogP contribution in [0.3, 0.4) is 0 Å². The molecule has 2 aliphatic carbocycles. The highest BCUT2D eigenvalue weighted by atomic mass is 15.3. The van der Waals surface area contributed by atoms with Crippen molar-refractivity contribution in [3.8, 4) is 22.3 Å². The molecule has 238 valence electrons. The number of rotatable bonds is 5. The van der Waals surface area contributed by atoms with E-state index in [2.05, 4.69) is 193 Å². The van der Waals surface area contributed by atoms with Crippen molar-refractivity contribution in [2.75, 3.05) is 18.5 Å². The molecule has 1 aliphatic heterocycles. The molecule has 0 spiro atoms. The number of anilines is 2. The van der Waals surface area contributed by atoms with Crippen LogP contribution in [0.1, 0.15) is 31.4 Å². The lowest BCUT2D eigenvalue weighted by Crippen LogP contribution is -2.31. The number of aromatic nitrogens is 1. The van der Waals surface area contributed by atoms with E-state index in [4.69, 9.17) is 0 Å². The monoisotopic (exact) mass is 633 g/mol. The molecule has 0 amide bonds. The number of likely N-dealkylation sites (N-methyl/N-ethyl adjacent to an activating group) is 1. The van der Waals surface area contributed by atoms with Crippen molar-refractivity contribution in [1.29, 1.82) is 0 Å². The topological polar surface area (TPSA) is 11.4 Å². The van der Waals surface area contributed by atoms with Gasteiger partial charge in [0, 0.05) is 46.9 Å². The van der Waals surface area contributed by atoms with Crippen LogP contribution in [-0.4, -0.2) is 23.1 Å². The zero-order valence-corrected chi connectivity index (χ0v) is 28.3. The standard InChI is InChI=1S/C46H39N3/c1-46(2)41-18-10-8-16-37(41)38-27-26-36(31-42(38)46)48(45-20-12-13-29-47(45)3)35-24-21-32(22-25-35)33-23-28-44-40(30-33)39-17-9-11-19-43(39)49(44)34-14-6-4-5-7-15-34/h4,6-28,30-31H,5,29H2,1-3H3. The molecule has 0 unspecified atom stereocenters. The Morgan fingerprint density at radius 3 is 2.22 bits per heavy atom. The molecule has 2 heterocycles. The Balaban J connectivity index is 1.13. The summed E-state index contributed by atoms with van der Waals surface area (Å²) in [6, 6.07) is 40.6. The van der Waals surface area contributed by atoms with Gasteiger partial charge in [-0.1, -0.05) is 111 Å². The molecule has 0 saturated heterocycles. The lowest BCUT2D eigenvalue weighted by molar-refractivity contribution is 0.450. The minimum absolute atomic E-state index is 0.0638. The van der Waals surface area contributed by atoms with Gasteiger partial charge in [0.2, 0.25) is 0 Å². The summed E-state index contributed by atoms with van der Waals surface area (Å²) in [6.45, 7) is 5.58. The number of fused-ring (bicyclic) bond motifs is 6. The normalized spacial score (nSPS) is 16.0. The molecule has 3 aliphatic rings. The summed E-state index contributed by atoms with van der Waals surface area (Å²) >= 11 is 0. The van der Waals surface area contributed by atoms with Gasteiger partial charge in [-0.2, -0.15) is 0 Å². The fourth-order valence-corrected chi connectivity index (χ4v) is 8.03. The van der Waals surface area contributed by atoms with E-state index in [1.165, 1.54) is 66.6 Å². The maximum Gasteiger partial charge on any atom is 0.113 e. The molecule has 9 rings (SSSR count). The predicted molar refractivity (Wildman–Crippen MR) is 208 cm³/mol. The quantitative estimate of drug-likeness (QED) is 0.187. The minimum atomic E-state index is -0.0638. The number of para-hydroxylation sites is 1. The molecule has 49 heavy (non-hydrogen) atoms. The van der Waals surface area contributed by atoms with Crippen molar-refractivity contribution in [1.82, 2.24) is 9.47 Å². The third-order valence-corrected chi connectivity index (χ3v) is 10.6. The second-order valence-corrected chi connectivity index (χ2v) is 13.9. The third-order valence-electron chi connectivity index (χ3n) is 10.6. The first-order chi connectivity index (χ1) is 24.0. The second kappa shape index (κ2) is 11.4. The van der Waals surface area contributed by atoms with Crippen molar-refractivity contribution in [2.45, 2.75) is 25.7 Å². The zero-order chi connectivity index (χ0) is 33.1. The summed E-state index contributed by atoms with van der Waals surface area (Å²) in [4.78, 5) is 4.73. The number of allylic oxidation sites excluding steroid dienone is 8. The Labute approximate surface area is 288 Å². The summed E-state index contributed by atoms with van der Waals surface area (Å²) in [5.74, 6) is 1.16. The van der Waals surface area contributed by atoms with Crippen LogP contribution >= 0.6 is 0 Å². The second-order valence-electron chi connectivity index (χ2n) is 13.9. The molecule has 0 fully saturated rings. The van der Waals surface area contributed by atoms with Crippen LogP contribution in [-0.2, 0) is 5.41 Å². The van der Waals surface area contributed by atoms with Crippen molar-refractivity contribution in [3.63, 3.8) is 0 Å². The van der Waals surface area contributed by atoms with Crippen LogP contribution in [0.25, 0.3) is 49.8 Å². The largest absolute Gasteiger partial charge is 0.357 e. The first kappa shape index (κ1) is 29.3. The van der Waals surface area contributed by atoms with Crippen molar-refractivity contribution >= 4 is 38.9 Å². The predicted octanol–water partition coefficient (Wildman–Crippen LogP) is 11.6. The van der Waals surface area contributed by atoms with Gasteiger partial charge < -0.3 is 9.47 Å². The summed E-state index contributed by atoms with van der Waals surface area (Å²) in [5, 5.41) is 2.54. The molecule has 0 atom stereocenters. The van der Waals surface area contributed by atoms with E-state index in [9.17, 15) is 0 Å². The van der Waals surface area contributed by atoms with E-state index in [0.29, 0.717) is 0 Å². The minimum Gasteiger partial charge on any atom is -0.357 e. The first-order valence-electron chi connectivity index (χ1n) is 17.3. The van der Waals surface area contributed by atoms with Gasteiger partial charge in [-0.25, -0.2) is 0 Å². The fraction of sp³-hybridized carbons (Fsp3) is 0.130. The lowest BCUT2D eigenvalue weighted by Gasteiger charge is -2.35. The van der Waals surface area contributed by atoms with Gasteiger partial charge in [0.05, 0.1) is 11.0 Å². The Morgan fingerprint density at radius 2 is 1.35 bits per heavy atom. The third kappa shape index (κ3) is 4.72. The molecule has 0 radical (unpaired) electrons. The highest BCUT2D eigenvalue weighted by Crippen LogP contribution is 2.50. The van der Waals surface area contributed by atoms with Crippen LogP contribution in [0.2, 0.25) is 0 Å². The van der Waals surface area contributed by atoms with E-state index in [-0.39, 0.29) is 5.41 Å². The molecule has 0 bridgehead atoms. The fourth-order valence-electron chi connectivity index (χ4n) is 8.03. The zero-order valence-electron chi connectivity index (χ0n) is 28.3. The molecular weight excluding hydrogens is 595 g/mol. The van der Waals surface area contributed by atoms with E-state index < -0.39 is 0 Å². The molecule has 6 aromatic rings. The van der Waals surface area contributed by atoms with Crippen LogP contribution in [0, 0.1) is 0 Å². The Morgan fingerprint density at radius 1 is 0.612 bits per heavy atom. The Bertz CT molecular complexity index is 2430. The highest BCUT2D eigenvalue weighted by Gasteiger charge is 2.36. The lowest BCUT2D eigenvalue weighted by atomic mass is 9.82. The first-order valence-corrected chi connectivity index (χ1v) is 17.3. The summed E-state index contributed by atoms with van der Waals surface area (Å²) < 4.78 is 2.39. The summed E-state index contributed by atoms with van der Waals surface area (Å²) in [7, 11) is 2.17. The van der Waals surface area contributed by atoms with Crippen LogP contribution < -0.4 is 4.90 Å². The average Bonchev–Trinajstić information content (AvgIpc) is 3.40. The maximum atomic E-state index is 2.41. The molecule has 0 N–H and O–H groups in total. The highest BCUT2D eigenvalue weighted by molar-refractivity contribution is 6.11. The van der Waals surface area contributed by atoms with Gasteiger partial charge in [-0.3, -0.25) is 4.90 Å². The van der Waals surface area contributed by atoms with E-state index >= 15 is 0 Å². The van der Waals surface area contributed by atoms with E-state index in [0.717, 1.165) is 24.5 Å². The van der Waals surface area contributed by atoms with Gasteiger partial charge in [0.1, 0.15) is 5.82 Å². The van der Waals surface area contributed by atoms with Gasteiger partial charge in [-0.15, -0.1) is 0 Å². The Kier molecular flexibility index (Phi) is 6.84. The maximum absolute atomic E-state index is 2.41. The van der Waals surface area contributed by atoms with Gasteiger partial charge >= 0.3 is 0 Å². The van der Waals surface area contributed by atoms with Gasteiger partial charge in [0.25, 0.3) is 0 Å². The number of hydrogen-bond donors (Lipinski definition) is 0. The Hall–Kier alpha value is -5.80. The SMILES string of the molecule is CN1CC=CC=C1N(c1ccc(-c2ccc3c(c2)c2ccccc2n3C2=CC=CCC=C2)cc1)c1ccc2c(c1)C(C)(C)c1ccccc1-2. The molecule has 5 aromatic carbocycles. The summed E-state index contributed by atoms with van der Waals surface area (Å²) in [5.41, 5.74) is 13.8. The average molecular weight is 634 g/mol. The van der Waals surface area contributed by atoms with Crippen LogP contribution in [0.15, 0.2) is 164 Å². The van der Waals surface area contributed by atoms with Crippen molar-refractivity contribution < 1.29 is 0 Å². The number of benzene rings is 5. The van der Waals surface area contributed by atoms with Crippen molar-refractivity contribution in [3.05, 3.63) is 175 Å². The molecule has 1 aromatic heterocycles. The van der Waals surface area contributed by atoms with Crippen LogP contribution in [0.4, 0.5) is 11.4 Å². The number of nitrogens with zero attached hydrogens (tertiary/aromatic N) is 3. The van der Waals surface area contributed by atoms with Crippen molar-refractivity contribution in [2.24, 2.45) is 0 Å². The summed E-state index contributed by atoms with van der Waals surface area (Å²) in [6.07, 6.45) is 18.6.